The Kier molecular flexibility index (Phi) is 8.75. The Morgan fingerprint density at radius 1 is 0.857 bits per heavy atom. The summed E-state index contributed by atoms with van der Waals surface area (Å²) in [6.07, 6.45) is 1.44. The van der Waals surface area contributed by atoms with Gasteiger partial charge >= 0.3 is 6.03 Å². The standard InChI is InChI=1S/C33H26BrClN2O5/c1-20-7-8-23(15-21(20)2)18-42-30-14-9-22(17-28(30)34)16-27-31(38)36-33(40)37(32(27)39)25-10-12-26(13-11-25)41-19-24-5-3-4-6-29(24)35/h3-17H,18-19H2,1-2H3,(H,36,38,40)/b27-16+. The summed E-state index contributed by atoms with van der Waals surface area (Å²) in [6.45, 7) is 4.77. The Balaban J connectivity index is 1.29. The molecule has 0 radical (unpaired) electrons. The quantitative estimate of drug-likeness (QED) is 0.158. The highest BCUT2D eigenvalue weighted by Crippen LogP contribution is 2.30. The van der Waals surface area contributed by atoms with Crippen LogP contribution in [0.5, 0.6) is 11.5 Å². The molecule has 4 amide bonds. The third kappa shape index (κ3) is 6.56. The van der Waals surface area contributed by atoms with Gasteiger partial charge in [0.05, 0.1) is 10.2 Å². The minimum absolute atomic E-state index is 0.177. The number of rotatable bonds is 8. The fourth-order valence-electron chi connectivity index (χ4n) is 4.30. The molecule has 0 aliphatic carbocycles. The number of nitrogens with zero attached hydrogens (tertiary/aromatic N) is 1. The van der Waals surface area contributed by atoms with Gasteiger partial charge in [-0.15, -0.1) is 0 Å². The molecule has 1 fully saturated rings. The molecule has 0 aromatic heterocycles. The first-order chi connectivity index (χ1) is 20.2. The number of hydrogen-bond acceptors (Lipinski definition) is 5. The molecule has 0 saturated carbocycles. The molecule has 4 aromatic carbocycles. The van der Waals surface area contributed by atoms with E-state index in [-0.39, 0.29) is 17.9 Å². The van der Waals surface area contributed by atoms with Gasteiger partial charge in [0.15, 0.2) is 0 Å². The maximum Gasteiger partial charge on any atom is 0.335 e. The number of carbonyl (C=O) groups excluding carboxylic acids is 3. The van der Waals surface area contributed by atoms with Crippen LogP contribution in [-0.4, -0.2) is 17.8 Å². The molecule has 0 spiro atoms. The fraction of sp³-hybridized carbons (Fsp3) is 0.121. The summed E-state index contributed by atoms with van der Waals surface area (Å²) in [5.41, 5.74) is 4.98. The highest BCUT2D eigenvalue weighted by atomic mass is 79.9. The average Bonchev–Trinajstić information content (AvgIpc) is 2.97. The zero-order valence-electron chi connectivity index (χ0n) is 22.8. The van der Waals surface area contributed by atoms with Crippen molar-refractivity contribution in [2.24, 2.45) is 0 Å². The molecule has 0 bridgehead atoms. The Labute approximate surface area is 256 Å². The Morgan fingerprint density at radius 3 is 2.33 bits per heavy atom. The number of imide groups is 2. The van der Waals surface area contributed by atoms with Crippen LogP contribution in [0.3, 0.4) is 0 Å². The lowest BCUT2D eigenvalue weighted by atomic mass is 10.1. The second kappa shape index (κ2) is 12.6. The van der Waals surface area contributed by atoms with Crippen molar-refractivity contribution in [3.05, 3.63) is 128 Å². The van der Waals surface area contributed by atoms with Crippen molar-refractivity contribution in [2.45, 2.75) is 27.1 Å². The third-order valence-corrected chi connectivity index (χ3v) is 7.77. The predicted octanol–water partition coefficient (Wildman–Crippen LogP) is 7.54. The molecule has 42 heavy (non-hydrogen) atoms. The van der Waals surface area contributed by atoms with Gasteiger partial charge in [-0.3, -0.25) is 14.9 Å². The van der Waals surface area contributed by atoms with Crippen LogP contribution in [0.4, 0.5) is 10.5 Å². The van der Waals surface area contributed by atoms with Gasteiger partial charge in [-0.25, -0.2) is 9.69 Å². The maximum atomic E-state index is 13.3. The number of aryl methyl sites for hydroxylation is 2. The number of anilines is 1. The molecule has 7 nitrogen and oxygen atoms in total. The van der Waals surface area contributed by atoms with Gasteiger partial charge in [-0.1, -0.05) is 54.1 Å². The predicted molar refractivity (Wildman–Crippen MR) is 166 cm³/mol. The highest BCUT2D eigenvalue weighted by molar-refractivity contribution is 9.10. The normalized spacial score (nSPS) is 14.2. The first kappa shape index (κ1) is 29.1. The summed E-state index contributed by atoms with van der Waals surface area (Å²) >= 11 is 9.70. The summed E-state index contributed by atoms with van der Waals surface area (Å²) < 4.78 is 12.4. The number of ether oxygens (including phenoxy) is 2. The van der Waals surface area contributed by atoms with Gasteiger partial charge in [-0.05, 0) is 101 Å². The molecular weight excluding hydrogens is 620 g/mol. The molecule has 1 saturated heterocycles. The molecular formula is C33H26BrClN2O5. The molecule has 5 rings (SSSR count). The topological polar surface area (TPSA) is 84.9 Å². The second-order valence-electron chi connectivity index (χ2n) is 9.73. The Bertz CT molecular complexity index is 1720. The monoisotopic (exact) mass is 644 g/mol. The van der Waals surface area contributed by atoms with Gasteiger partial charge in [-0.2, -0.15) is 0 Å². The van der Waals surface area contributed by atoms with Crippen molar-refractivity contribution >= 4 is 57.1 Å². The van der Waals surface area contributed by atoms with Crippen molar-refractivity contribution in [1.29, 1.82) is 0 Å². The van der Waals surface area contributed by atoms with Crippen molar-refractivity contribution in [3.63, 3.8) is 0 Å². The summed E-state index contributed by atoms with van der Waals surface area (Å²) in [7, 11) is 0. The molecule has 1 heterocycles. The van der Waals surface area contributed by atoms with E-state index >= 15 is 0 Å². The van der Waals surface area contributed by atoms with Crippen molar-refractivity contribution in [1.82, 2.24) is 5.32 Å². The molecule has 1 N–H and O–H groups in total. The van der Waals surface area contributed by atoms with Crippen molar-refractivity contribution in [3.8, 4) is 11.5 Å². The van der Waals surface area contributed by atoms with Gasteiger partial charge < -0.3 is 9.47 Å². The molecule has 212 valence electrons. The Hall–Kier alpha value is -4.40. The fourth-order valence-corrected chi connectivity index (χ4v) is 5.01. The van der Waals surface area contributed by atoms with Crippen LogP contribution < -0.4 is 19.7 Å². The highest BCUT2D eigenvalue weighted by Gasteiger charge is 2.36. The maximum absolute atomic E-state index is 13.3. The summed E-state index contributed by atoms with van der Waals surface area (Å²) in [5.74, 6) is -0.365. The lowest BCUT2D eigenvalue weighted by Gasteiger charge is -2.26. The van der Waals surface area contributed by atoms with E-state index in [0.717, 1.165) is 16.0 Å². The number of halogens is 2. The van der Waals surface area contributed by atoms with E-state index in [2.05, 4.69) is 47.2 Å². The zero-order chi connectivity index (χ0) is 29.8. The number of barbiturate groups is 1. The number of hydrogen-bond donors (Lipinski definition) is 1. The van der Waals surface area contributed by atoms with E-state index in [1.165, 1.54) is 17.2 Å². The summed E-state index contributed by atoms with van der Waals surface area (Å²) in [5, 5.41) is 2.84. The van der Waals surface area contributed by atoms with E-state index in [4.69, 9.17) is 21.1 Å². The first-order valence-electron chi connectivity index (χ1n) is 13.1. The molecule has 4 aromatic rings. The average molecular weight is 646 g/mol. The third-order valence-electron chi connectivity index (χ3n) is 6.78. The van der Waals surface area contributed by atoms with E-state index in [1.807, 2.05) is 24.3 Å². The SMILES string of the molecule is Cc1ccc(COc2ccc(/C=C3\C(=O)NC(=O)N(c4ccc(OCc5ccccc5Cl)cc4)C3=O)cc2Br)cc1C. The van der Waals surface area contributed by atoms with Crippen LogP contribution in [-0.2, 0) is 22.8 Å². The van der Waals surface area contributed by atoms with E-state index in [0.29, 0.717) is 33.2 Å². The largest absolute Gasteiger partial charge is 0.489 e. The number of carbonyl (C=O) groups is 3. The number of urea groups is 1. The summed E-state index contributed by atoms with van der Waals surface area (Å²) in [4.78, 5) is 39.6. The number of amides is 4. The minimum Gasteiger partial charge on any atom is -0.489 e. The molecule has 1 aliphatic heterocycles. The van der Waals surface area contributed by atoms with Crippen molar-refractivity contribution < 1.29 is 23.9 Å². The van der Waals surface area contributed by atoms with E-state index < -0.39 is 17.8 Å². The Morgan fingerprint density at radius 2 is 1.62 bits per heavy atom. The van der Waals surface area contributed by atoms with Gasteiger partial charge in [0.2, 0.25) is 0 Å². The van der Waals surface area contributed by atoms with Crippen LogP contribution in [0.2, 0.25) is 5.02 Å². The van der Waals surface area contributed by atoms with Crippen molar-refractivity contribution in [2.75, 3.05) is 4.90 Å². The molecule has 9 heteroatoms. The van der Waals surface area contributed by atoms with Crippen LogP contribution in [0.1, 0.15) is 27.8 Å². The molecule has 0 unspecified atom stereocenters. The molecule has 1 aliphatic rings. The van der Waals surface area contributed by atoms with Crippen LogP contribution in [0, 0.1) is 13.8 Å². The minimum atomic E-state index is -0.830. The summed E-state index contributed by atoms with van der Waals surface area (Å²) in [6, 6.07) is 24.4. The van der Waals surface area contributed by atoms with Crippen LogP contribution in [0.25, 0.3) is 6.08 Å². The van der Waals surface area contributed by atoms with E-state index in [1.54, 1.807) is 48.5 Å². The lowest BCUT2D eigenvalue weighted by molar-refractivity contribution is -0.122. The second-order valence-corrected chi connectivity index (χ2v) is 11.0. The number of nitrogens with one attached hydrogen (secondary N) is 1. The van der Waals surface area contributed by atoms with Gasteiger partial charge in [0.25, 0.3) is 11.8 Å². The van der Waals surface area contributed by atoms with E-state index in [9.17, 15) is 14.4 Å². The van der Waals surface area contributed by atoms with Crippen LogP contribution in [0.15, 0.2) is 95.0 Å². The lowest BCUT2D eigenvalue weighted by Crippen LogP contribution is -2.54. The van der Waals surface area contributed by atoms with Gasteiger partial charge in [0.1, 0.15) is 30.3 Å². The molecule has 0 atom stereocenters. The zero-order valence-corrected chi connectivity index (χ0v) is 25.2. The first-order valence-corrected chi connectivity index (χ1v) is 14.2. The number of benzene rings is 4. The van der Waals surface area contributed by atoms with Crippen LogP contribution >= 0.6 is 27.5 Å². The van der Waals surface area contributed by atoms with Gasteiger partial charge in [0, 0.05) is 10.6 Å². The smallest absolute Gasteiger partial charge is 0.335 e.